The summed E-state index contributed by atoms with van der Waals surface area (Å²) in [4.78, 5) is 24.7. The molecule has 2 amide bonds. The largest absolute Gasteiger partial charge is 0.326 e. The minimum atomic E-state index is -0.253. The van der Waals surface area contributed by atoms with Crippen LogP contribution in [0.3, 0.4) is 0 Å². The lowest BCUT2D eigenvalue weighted by molar-refractivity contribution is -0.122. The van der Waals surface area contributed by atoms with Gasteiger partial charge in [-0.2, -0.15) is 0 Å². The summed E-state index contributed by atoms with van der Waals surface area (Å²) in [6.07, 6.45) is 0.596. The van der Waals surface area contributed by atoms with Gasteiger partial charge < -0.3 is 10.6 Å². The third-order valence-electron chi connectivity index (χ3n) is 4.31. The number of para-hydroxylation sites is 1. The average molecular weight is 387 g/mol. The highest BCUT2D eigenvalue weighted by molar-refractivity contribution is 9.10. The van der Waals surface area contributed by atoms with Gasteiger partial charge in [-0.1, -0.05) is 34.1 Å². The number of halogens is 1. The maximum Gasteiger partial charge on any atom is 0.228 e. The molecule has 0 spiro atoms. The number of hydrogen-bond acceptors (Lipinski definition) is 2. The van der Waals surface area contributed by atoms with E-state index >= 15 is 0 Å². The Labute approximate surface area is 149 Å². The molecule has 4 nitrogen and oxygen atoms in total. The molecule has 3 rings (SSSR count). The molecule has 2 N–H and O–H groups in total. The Hall–Kier alpha value is -2.14. The molecule has 1 aliphatic carbocycles. The molecule has 1 saturated carbocycles. The van der Waals surface area contributed by atoms with Crippen molar-refractivity contribution in [2.75, 3.05) is 10.6 Å². The second kappa shape index (κ2) is 6.77. The molecule has 2 atom stereocenters. The summed E-state index contributed by atoms with van der Waals surface area (Å²) >= 11 is 3.40. The van der Waals surface area contributed by atoms with Crippen molar-refractivity contribution in [1.29, 1.82) is 0 Å². The molecule has 0 radical (unpaired) electrons. The van der Waals surface area contributed by atoms with Crippen molar-refractivity contribution in [3.05, 3.63) is 58.1 Å². The lowest BCUT2D eigenvalue weighted by Gasteiger charge is -2.09. The van der Waals surface area contributed by atoms with Gasteiger partial charge in [0.05, 0.1) is 11.8 Å². The Balaban J connectivity index is 1.59. The standard InChI is InChI=1S/C19H19BrN2O2/c1-11-5-3-4-6-16(11)21-18(23)14-10-15(14)19(24)22-17-8-7-13(20)9-12(17)2/h3-9,14-15H,10H2,1-2H3,(H,21,23)(H,22,24). The van der Waals surface area contributed by atoms with Crippen molar-refractivity contribution in [3.63, 3.8) is 0 Å². The number of carbonyl (C=O) groups is 2. The van der Waals surface area contributed by atoms with Crippen LogP contribution < -0.4 is 10.6 Å². The summed E-state index contributed by atoms with van der Waals surface area (Å²) in [5, 5.41) is 5.83. The fraction of sp³-hybridized carbons (Fsp3) is 0.263. The van der Waals surface area contributed by atoms with E-state index in [1.807, 2.05) is 56.3 Å². The topological polar surface area (TPSA) is 58.2 Å². The minimum Gasteiger partial charge on any atom is -0.326 e. The van der Waals surface area contributed by atoms with E-state index in [1.54, 1.807) is 0 Å². The van der Waals surface area contributed by atoms with Crippen LogP contribution in [-0.2, 0) is 9.59 Å². The van der Waals surface area contributed by atoms with E-state index in [0.717, 1.165) is 27.0 Å². The van der Waals surface area contributed by atoms with E-state index in [0.29, 0.717) is 6.42 Å². The van der Waals surface area contributed by atoms with Crippen LogP contribution in [0.1, 0.15) is 17.5 Å². The molecule has 1 aliphatic rings. The highest BCUT2D eigenvalue weighted by atomic mass is 79.9. The van der Waals surface area contributed by atoms with Gasteiger partial charge in [-0.3, -0.25) is 9.59 Å². The molecule has 0 aromatic heterocycles. The van der Waals surface area contributed by atoms with Crippen LogP contribution in [0.4, 0.5) is 11.4 Å². The van der Waals surface area contributed by atoms with Gasteiger partial charge in [0.15, 0.2) is 0 Å². The summed E-state index contributed by atoms with van der Waals surface area (Å²) in [5.74, 6) is -0.681. The Morgan fingerprint density at radius 1 is 0.917 bits per heavy atom. The number of rotatable bonds is 4. The molecule has 2 aromatic rings. The van der Waals surface area contributed by atoms with Crippen molar-refractivity contribution in [3.8, 4) is 0 Å². The highest BCUT2D eigenvalue weighted by Crippen LogP contribution is 2.40. The van der Waals surface area contributed by atoms with Crippen LogP contribution in [0.25, 0.3) is 0 Å². The van der Waals surface area contributed by atoms with Crippen LogP contribution in [0.15, 0.2) is 46.9 Å². The Kier molecular flexibility index (Phi) is 4.71. The summed E-state index contributed by atoms with van der Waals surface area (Å²) in [5.41, 5.74) is 3.59. The molecule has 5 heteroatoms. The van der Waals surface area contributed by atoms with Gasteiger partial charge in [-0.25, -0.2) is 0 Å². The molecular formula is C19H19BrN2O2. The Morgan fingerprint density at radius 2 is 1.50 bits per heavy atom. The predicted octanol–water partition coefficient (Wildman–Crippen LogP) is 4.28. The van der Waals surface area contributed by atoms with Gasteiger partial charge in [0.25, 0.3) is 0 Å². The van der Waals surface area contributed by atoms with Crippen LogP contribution in [0.5, 0.6) is 0 Å². The zero-order valence-electron chi connectivity index (χ0n) is 13.6. The molecule has 0 saturated heterocycles. The first-order valence-electron chi connectivity index (χ1n) is 7.89. The number of nitrogens with one attached hydrogen (secondary N) is 2. The van der Waals surface area contributed by atoms with Gasteiger partial charge in [0.2, 0.25) is 11.8 Å². The quantitative estimate of drug-likeness (QED) is 0.823. The molecule has 2 aromatic carbocycles. The van der Waals surface area contributed by atoms with E-state index in [2.05, 4.69) is 26.6 Å². The molecule has 0 aliphatic heterocycles. The lowest BCUT2D eigenvalue weighted by Crippen LogP contribution is -2.21. The maximum atomic E-state index is 12.3. The van der Waals surface area contributed by atoms with E-state index in [-0.39, 0.29) is 23.7 Å². The number of aryl methyl sites for hydroxylation is 2. The molecule has 2 unspecified atom stereocenters. The third-order valence-corrected chi connectivity index (χ3v) is 4.81. The second-order valence-corrected chi connectivity index (χ2v) is 7.12. The molecule has 0 bridgehead atoms. The summed E-state index contributed by atoms with van der Waals surface area (Å²) in [6.45, 7) is 3.89. The SMILES string of the molecule is Cc1ccccc1NC(=O)C1CC1C(=O)Nc1ccc(Br)cc1C. The average Bonchev–Trinajstić information content (AvgIpc) is 3.33. The van der Waals surface area contributed by atoms with Crippen molar-refractivity contribution < 1.29 is 9.59 Å². The van der Waals surface area contributed by atoms with Gasteiger partial charge in [-0.05, 0) is 55.7 Å². The number of hydrogen-bond donors (Lipinski definition) is 2. The van der Waals surface area contributed by atoms with Crippen LogP contribution >= 0.6 is 15.9 Å². The van der Waals surface area contributed by atoms with Gasteiger partial charge in [0, 0.05) is 15.8 Å². The number of amides is 2. The summed E-state index contributed by atoms with van der Waals surface area (Å²) in [6, 6.07) is 13.3. The van der Waals surface area contributed by atoms with Crippen LogP contribution in [0.2, 0.25) is 0 Å². The smallest absolute Gasteiger partial charge is 0.228 e. The van der Waals surface area contributed by atoms with Gasteiger partial charge in [-0.15, -0.1) is 0 Å². The van der Waals surface area contributed by atoms with E-state index in [4.69, 9.17) is 0 Å². The van der Waals surface area contributed by atoms with Crippen LogP contribution in [-0.4, -0.2) is 11.8 Å². The van der Waals surface area contributed by atoms with Gasteiger partial charge >= 0.3 is 0 Å². The summed E-state index contributed by atoms with van der Waals surface area (Å²) < 4.78 is 0.972. The van der Waals surface area contributed by atoms with Crippen molar-refractivity contribution in [2.45, 2.75) is 20.3 Å². The monoisotopic (exact) mass is 386 g/mol. The number of anilines is 2. The van der Waals surface area contributed by atoms with Crippen LogP contribution in [0, 0.1) is 25.7 Å². The zero-order chi connectivity index (χ0) is 17.3. The number of carbonyl (C=O) groups excluding carboxylic acids is 2. The first-order valence-corrected chi connectivity index (χ1v) is 8.68. The Bertz CT molecular complexity index is 804. The molecule has 0 heterocycles. The molecular weight excluding hydrogens is 368 g/mol. The fourth-order valence-electron chi connectivity index (χ4n) is 2.71. The van der Waals surface area contributed by atoms with Crippen molar-refractivity contribution >= 4 is 39.1 Å². The van der Waals surface area contributed by atoms with E-state index in [9.17, 15) is 9.59 Å². The third kappa shape index (κ3) is 3.67. The highest BCUT2D eigenvalue weighted by Gasteiger charge is 2.48. The molecule has 24 heavy (non-hydrogen) atoms. The lowest BCUT2D eigenvalue weighted by atomic mass is 10.2. The predicted molar refractivity (Wildman–Crippen MR) is 98.9 cm³/mol. The summed E-state index contributed by atoms with van der Waals surface area (Å²) in [7, 11) is 0. The number of benzene rings is 2. The maximum absolute atomic E-state index is 12.3. The molecule has 124 valence electrons. The van der Waals surface area contributed by atoms with Crippen molar-refractivity contribution in [2.24, 2.45) is 11.8 Å². The molecule has 1 fully saturated rings. The van der Waals surface area contributed by atoms with E-state index < -0.39 is 0 Å². The second-order valence-electron chi connectivity index (χ2n) is 6.20. The first-order chi connectivity index (χ1) is 11.5. The van der Waals surface area contributed by atoms with Crippen molar-refractivity contribution in [1.82, 2.24) is 0 Å². The van der Waals surface area contributed by atoms with Gasteiger partial charge in [0.1, 0.15) is 0 Å². The minimum absolute atomic E-state index is 0.0861. The fourth-order valence-corrected chi connectivity index (χ4v) is 3.18. The normalized spacial score (nSPS) is 18.8. The Morgan fingerprint density at radius 3 is 2.08 bits per heavy atom. The zero-order valence-corrected chi connectivity index (χ0v) is 15.2. The first kappa shape index (κ1) is 16.7. The van der Waals surface area contributed by atoms with E-state index in [1.165, 1.54) is 0 Å².